The number of nitrogens with zero attached hydrogens (tertiary/aromatic N) is 2. The highest BCUT2D eigenvalue weighted by molar-refractivity contribution is 7.85. The van der Waals surface area contributed by atoms with E-state index in [0.29, 0.717) is 5.69 Å². The third kappa shape index (κ3) is 3.53. The number of benzene rings is 1. The van der Waals surface area contributed by atoms with Gasteiger partial charge >= 0.3 is 0 Å². The van der Waals surface area contributed by atoms with Gasteiger partial charge in [-0.15, -0.1) is 0 Å². The average molecular weight is 314 g/mol. The minimum Gasteiger partial charge on any atom is -0.338 e. The van der Waals surface area contributed by atoms with Crippen LogP contribution in [-0.2, 0) is 14.3 Å². The van der Waals surface area contributed by atoms with Crippen LogP contribution in [0.1, 0.15) is 10.5 Å². The second kappa shape index (κ2) is 5.86. The summed E-state index contributed by atoms with van der Waals surface area (Å²) in [6.45, 7) is 0.112. The minimum absolute atomic E-state index is 0.0663. The van der Waals surface area contributed by atoms with Crippen LogP contribution < -0.4 is 0 Å². The van der Waals surface area contributed by atoms with E-state index in [0.717, 1.165) is 16.3 Å². The van der Waals surface area contributed by atoms with Gasteiger partial charge in [0.2, 0.25) is 0 Å². The Morgan fingerprint density at radius 1 is 1.40 bits per heavy atom. The van der Waals surface area contributed by atoms with Crippen LogP contribution in [0.15, 0.2) is 24.3 Å². The fraction of sp³-hybridized carbons (Fsp3) is 0.333. The molecule has 0 saturated carbocycles. The Bertz CT molecular complexity index is 724. The summed E-state index contributed by atoms with van der Waals surface area (Å²) in [6, 6.07) is 7.47. The van der Waals surface area contributed by atoms with Crippen LogP contribution in [0.5, 0.6) is 0 Å². The summed E-state index contributed by atoms with van der Waals surface area (Å²) in [5.74, 6) is -0.250. The number of carbonyl (C=O) groups excluding carboxylic acids is 1. The third-order valence-electron chi connectivity index (χ3n) is 2.65. The molecule has 0 N–H and O–H groups in total. The topological polar surface area (TPSA) is 76.6 Å². The van der Waals surface area contributed by atoms with Crippen molar-refractivity contribution in [1.82, 2.24) is 9.27 Å². The smallest absolute Gasteiger partial charge is 0.274 e. The molecule has 0 bridgehead atoms. The first-order valence-electron chi connectivity index (χ1n) is 5.83. The molecular formula is C12H14N2O4S2. The maximum absolute atomic E-state index is 12.2. The number of hydrogen-bond acceptors (Lipinski definition) is 6. The predicted octanol–water partition coefficient (Wildman–Crippen LogP) is 1.34. The Labute approximate surface area is 121 Å². The molecule has 1 aromatic heterocycles. The van der Waals surface area contributed by atoms with Crippen LogP contribution in [0, 0.1) is 0 Å². The zero-order chi connectivity index (χ0) is 14.8. The standard InChI is InChI=1S/C12H14N2O4S2/c1-14(7-8-18-20(2,16)17)12(15)11-9-5-3-4-6-10(9)19-13-11/h3-6H,7-8H2,1-2H3. The molecule has 0 aliphatic rings. The summed E-state index contributed by atoms with van der Waals surface area (Å²) >= 11 is 1.26. The summed E-state index contributed by atoms with van der Waals surface area (Å²) in [7, 11) is -1.90. The van der Waals surface area contributed by atoms with Gasteiger partial charge in [-0.2, -0.15) is 12.8 Å². The van der Waals surface area contributed by atoms with E-state index in [2.05, 4.69) is 8.56 Å². The van der Waals surface area contributed by atoms with E-state index >= 15 is 0 Å². The van der Waals surface area contributed by atoms with Crippen LogP contribution in [0.4, 0.5) is 0 Å². The van der Waals surface area contributed by atoms with Crippen LogP contribution in [0.2, 0.25) is 0 Å². The highest BCUT2D eigenvalue weighted by atomic mass is 32.2. The second-order valence-corrected chi connectivity index (χ2v) is 6.73. The predicted molar refractivity (Wildman–Crippen MR) is 77.4 cm³/mol. The van der Waals surface area contributed by atoms with Crippen LogP contribution in [-0.4, -0.2) is 50.1 Å². The molecule has 1 heterocycles. The first-order valence-corrected chi connectivity index (χ1v) is 8.42. The Kier molecular flexibility index (Phi) is 4.36. The van der Waals surface area contributed by atoms with Crippen molar-refractivity contribution >= 4 is 37.6 Å². The van der Waals surface area contributed by atoms with Gasteiger partial charge in [-0.25, -0.2) is 0 Å². The maximum atomic E-state index is 12.2. The van der Waals surface area contributed by atoms with E-state index in [4.69, 9.17) is 0 Å². The van der Waals surface area contributed by atoms with Crippen LogP contribution >= 0.6 is 11.5 Å². The summed E-state index contributed by atoms with van der Waals surface area (Å²) in [4.78, 5) is 13.6. The van der Waals surface area contributed by atoms with Crippen LogP contribution in [0.3, 0.4) is 0 Å². The van der Waals surface area contributed by atoms with E-state index in [1.807, 2.05) is 24.3 Å². The zero-order valence-corrected chi connectivity index (χ0v) is 12.7. The van der Waals surface area contributed by atoms with E-state index < -0.39 is 10.1 Å². The van der Waals surface area contributed by atoms with Gasteiger partial charge in [0.05, 0.1) is 17.6 Å². The minimum atomic E-state index is -3.49. The maximum Gasteiger partial charge on any atom is 0.274 e. The lowest BCUT2D eigenvalue weighted by molar-refractivity contribution is 0.0772. The summed E-state index contributed by atoms with van der Waals surface area (Å²) < 4.78 is 31.4. The molecule has 2 aromatic rings. The number of hydrogen-bond donors (Lipinski definition) is 0. The molecule has 1 aromatic carbocycles. The van der Waals surface area contributed by atoms with Crippen molar-refractivity contribution in [3.63, 3.8) is 0 Å². The summed E-state index contributed by atoms with van der Waals surface area (Å²) in [5.41, 5.74) is 0.382. The molecule has 2 rings (SSSR count). The summed E-state index contributed by atoms with van der Waals surface area (Å²) in [6.07, 6.45) is 0.975. The third-order valence-corrected chi connectivity index (χ3v) is 4.07. The van der Waals surface area contributed by atoms with E-state index in [1.54, 1.807) is 7.05 Å². The van der Waals surface area contributed by atoms with Gasteiger partial charge in [0.1, 0.15) is 5.69 Å². The van der Waals surface area contributed by atoms with Crippen molar-refractivity contribution in [1.29, 1.82) is 0 Å². The highest BCUT2D eigenvalue weighted by Gasteiger charge is 2.18. The average Bonchev–Trinajstić information content (AvgIpc) is 2.80. The Morgan fingerprint density at radius 3 is 2.80 bits per heavy atom. The Balaban J connectivity index is 2.07. The molecule has 8 heteroatoms. The van der Waals surface area contributed by atoms with Crippen molar-refractivity contribution in [2.24, 2.45) is 0 Å². The molecule has 0 saturated heterocycles. The zero-order valence-electron chi connectivity index (χ0n) is 11.1. The van der Waals surface area contributed by atoms with Crippen molar-refractivity contribution in [2.45, 2.75) is 0 Å². The molecule has 6 nitrogen and oxygen atoms in total. The normalized spacial score (nSPS) is 11.7. The highest BCUT2D eigenvalue weighted by Crippen LogP contribution is 2.22. The molecule has 0 spiro atoms. The monoisotopic (exact) mass is 314 g/mol. The molecule has 0 aliphatic heterocycles. The molecule has 0 atom stereocenters. The fourth-order valence-electron chi connectivity index (χ4n) is 1.65. The van der Waals surface area contributed by atoms with Gasteiger partial charge in [0.25, 0.3) is 16.0 Å². The number of amides is 1. The number of aromatic nitrogens is 1. The lowest BCUT2D eigenvalue weighted by Crippen LogP contribution is -2.31. The molecule has 0 unspecified atom stereocenters. The molecule has 0 fully saturated rings. The SMILES string of the molecule is CN(CCOS(C)(=O)=O)C(=O)c1nsc2ccccc12. The van der Waals surface area contributed by atoms with Gasteiger partial charge in [0.15, 0.2) is 0 Å². The van der Waals surface area contributed by atoms with Crippen molar-refractivity contribution < 1.29 is 17.4 Å². The van der Waals surface area contributed by atoms with Gasteiger partial charge in [-0.1, -0.05) is 18.2 Å². The van der Waals surface area contributed by atoms with Gasteiger partial charge in [-0.05, 0) is 17.6 Å². The Morgan fingerprint density at radius 2 is 2.10 bits per heavy atom. The van der Waals surface area contributed by atoms with E-state index in [1.165, 1.54) is 16.4 Å². The van der Waals surface area contributed by atoms with Gasteiger partial charge in [0, 0.05) is 19.0 Å². The first-order chi connectivity index (χ1) is 9.38. The van der Waals surface area contributed by atoms with E-state index in [-0.39, 0.29) is 19.1 Å². The number of carbonyl (C=O) groups is 1. The Hall–Kier alpha value is -1.51. The number of likely N-dealkylation sites (N-methyl/N-ethyl adjacent to an activating group) is 1. The van der Waals surface area contributed by atoms with Crippen LogP contribution in [0.25, 0.3) is 10.1 Å². The van der Waals surface area contributed by atoms with Crippen molar-refractivity contribution in [3.05, 3.63) is 30.0 Å². The number of rotatable bonds is 5. The lowest BCUT2D eigenvalue weighted by Gasteiger charge is -2.15. The van der Waals surface area contributed by atoms with E-state index in [9.17, 15) is 13.2 Å². The summed E-state index contributed by atoms with van der Waals surface area (Å²) in [5, 5.41) is 0.804. The quantitative estimate of drug-likeness (QED) is 0.779. The van der Waals surface area contributed by atoms with Gasteiger partial charge < -0.3 is 4.90 Å². The lowest BCUT2D eigenvalue weighted by atomic mass is 10.2. The first kappa shape index (κ1) is 14.9. The molecule has 108 valence electrons. The molecule has 1 amide bonds. The molecular weight excluding hydrogens is 300 g/mol. The van der Waals surface area contributed by atoms with Crippen molar-refractivity contribution in [2.75, 3.05) is 26.5 Å². The molecule has 0 radical (unpaired) electrons. The largest absolute Gasteiger partial charge is 0.338 e. The molecule has 20 heavy (non-hydrogen) atoms. The number of fused-ring (bicyclic) bond motifs is 1. The van der Waals surface area contributed by atoms with Gasteiger partial charge in [-0.3, -0.25) is 8.98 Å². The molecule has 0 aliphatic carbocycles. The fourth-order valence-corrected chi connectivity index (χ4v) is 2.79. The van der Waals surface area contributed by atoms with Crippen molar-refractivity contribution in [3.8, 4) is 0 Å². The second-order valence-electron chi connectivity index (χ2n) is 4.28.